The summed E-state index contributed by atoms with van der Waals surface area (Å²) in [6.07, 6.45) is 11.2. The van der Waals surface area contributed by atoms with Gasteiger partial charge in [-0.1, -0.05) is 18.2 Å². The Morgan fingerprint density at radius 2 is 1.32 bits per heavy atom. The van der Waals surface area contributed by atoms with Crippen molar-refractivity contribution in [2.75, 3.05) is 34.5 Å². The molecule has 3 aromatic rings. The molecule has 0 aliphatic carbocycles. The predicted octanol–water partition coefficient (Wildman–Crippen LogP) is 5.98. The van der Waals surface area contributed by atoms with E-state index in [1.165, 1.54) is 0 Å². The minimum atomic E-state index is -0.192. The molecule has 0 fully saturated rings. The van der Waals surface area contributed by atoms with E-state index >= 15 is 0 Å². The van der Waals surface area contributed by atoms with Crippen LogP contribution in [0.1, 0.15) is 45.5 Å². The number of carbonyl (C=O) groups excluding carboxylic acids is 2. The SMILES string of the molecule is COc1ccc(C2=CN3C(=O)c4cc(OC)c(OCCCOc5cc6c(cc5OC)C(=O)N5C=CCC5C=N6)cc4N=C[C@@H]3C2)cc1. The van der Waals surface area contributed by atoms with Crippen molar-refractivity contribution in [3.63, 3.8) is 0 Å². The molecule has 0 saturated carbocycles. The first-order valence-electron chi connectivity index (χ1n) is 15.4. The van der Waals surface area contributed by atoms with Crippen LogP contribution >= 0.6 is 0 Å². The van der Waals surface area contributed by atoms with Gasteiger partial charge < -0.3 is 33.5 Å². The molecule has 0 radical (unpaired) electrons. The summed E-state index contributed by atoms with van der Waals surface area (Å²) in [4.78, 5) is 39.4. The Labute approximate surface area is 272 Å². The van der Waals surface area contributed by atoms with Crippen molar-refractivity contribution in [3.8, 4) is 28.7 Å². The Bertz CT molecular complexity index is 1850. The zero-order valence-electron chi connectivity index (χ0n) is 26.3. The van der Waals surface area contributed by atoms with Crippen molar-refractivity contribution in [3.05, 3.63) is 83.7 Å². The number of aliphatic imine (C=N–C) groups is 2. The monoisotopic (exact) mass is 634 g/mol. The van der Waals surface area contributed by atoms with Gasteiger partial charge in [0.05, 0.1) is 69.1 Å². The second kappa shape index (κ2) is 12.7. The fourth-order valence-corrected chi connectivity index (χ4v) is 6.09. The van der Waals surface area contributed by atoms with E-state index in [0.717, 1.165) is 23.3 Å². The minimum absolute atomic E-state index is 0.0804. The smallest absolute Gasteiger partial charge is 0.260 e. The van der Waals surface area contributed by atoms with Crippen LogP contribution in [0.2, 0.25) is 0 Å². The van der Waals surface area contributed by atoms with Crippen LogP contribution in [0.5, 0.6) is 28.7 Å². The molecule has 47 heavy (non-hydrogen) atoms. The summed E-state index contributed by atoms with van der Waals surface area (Å²) < 4.78 is 28.5. The Kier molecular flexibility index (Phi) is 8.11. The molecule has 3 aromatic carbocycles. The number of rotatable bonds is 10. The van der Waals surface area contributed by atoms with Crippen LogP contribution in [0.25, 0.3) is 5.57 Å². The number of carbonyl (C=O) groups is 2. The van der Waals surface area contributed by atoms with Gasteiger partial charge in [0.25, 0.3) is 11.8 Å². The number of nitrogens with zero attached hydrogens (tertiary/aromatic N) is 4. The fourth-order valence-electron chi connectivity index (χ4n) is 6.09. The van der Waals surface area contributed by atoms with Crippen LogP contribution in [-0.4, -0.2) is 80.7 Å². The third-order valence-corrected chi connectivity index (χ3v) is 8.61. The van der Waals surface area contributed by atoms with E-state index in [1.54, 1.807) is 67.8 Å². The first kappa shape index (κ1) is 30.1. The van der Waals surface area contributed by atoms with Crippen molar-refractivity contribution in [2.24, 2.45) is 9.98 Å². The second-order valence-corrected chi connectivity index (χ2v) is 11.4. The van der Waals surface area contributed by atoms with Gasteiger partial charge in [-0.15, -0.1) is 0 Å². The van der Waals surface area contributed by atoms with E-state index < -0.39 is 0 Å². The first-order valence-corrected chi connectivity index (χ1v) is 15.4. The van der Waals surface area contributed by atoms with Gasteiger partial charge in [-0.05, 0) is 41.8 Å². The number of amides is 2. The summed E-state index contributed by atoms with van der Waals surface area (Å²) >= 11 is 0. The van der Waals surface area contributed by atoms with Gasteiger partial charge in [0.2, 0.25) is 0 Å². The molecule has 4 heterocycles. The van der Waals surface area contributed by atoms with Crippen LogP contribution < -0.4 is 23.7 Å². The van der Waals surface area contributed by atoms with Gasteiger partial charge in [-0.25, -0.2) is 0 Å². The molecule has 4 aliphatic rings. The van der Waals surface area contributed by atoms with E-state index in [9.17, 15) is 9.59 Å². The number of hydrogen-bond acceptors (Lipinski definition) is 9. The molecule has 0 bridgehead atoms. The molecule has 7 rings (SSSR count). The molecule has 11 nitrogen and oxygen atoms in total. The molecule has 240 valence electrons. The lowest BCUT2D eigenvalue weighted by atomic mass is 10.0. The summed E-state index contributed by atoms with van der Waals surface area (Å²) in [6.45, 7) is 0.649. The Balaban J connectivity index is 1.00. The maximum Gasteiger partial charge on any atom is 0.260 e. The van der Waals surface area contributed by atoms with Crippen LogP contribution in [0.4, 0.5) is 11.4 Å². The number of hydrogen-bond donors (Lipinski definition) is 0. The summed E-state index contributed by atoms with van der Waals surface area (Å²) in [5.74, 6) is 2.38. The van der Waals surface area contributed by atoms with E-state index in [2.05, 4.69) is 9.98 Å². The van der Waals surface area contributed by atoms with Gasteiger partial charge in [-0.3, -0.25) is 19.6 Å². The highest BCUT2D eigenvalue weighted by Crippen LogP contribution is 2.41. The van der Waals surface area contributed by atoms with Crippen LogP contribution in [0.15, 0.2) is 77.0 Å². The van der Waals surface area contributed by atoms with Gasteiger partial charge in [0.15, 0.2) is 23.0 Å². The summed E-state index contributed by atoms with van der Waals surface area (Å²) in [6, 6.07) is 14.4. The molecule has 2 atom stereocenters. The van der Waals surface area contributed by atoms with E-state index in [0.29, 0.717) is 71.6 Å². The zero-order valence-corrected chi connectivity index (χ0v) is 26.3. The predicted molar refractivity (Wildman–Crippen MR) is 177 cm³/mol. The number of fused-ring (bicyclic) bond motifs is 4. The highest BCUT2D eigenvalue weighted by atomic mass is 16.5. The lowest BCUT2D eigenvalue weighted by molar-refractivity contribution is 0.0809. The average molecular weight is 635 g/mol. The second-order valence-electron chi connectivity index (χ2n) is 11.4. The molecule has 2 amide bonds. The first-order chi connectivity index (χ1) is 23.0. The topological polar surface area (TPSA) is 111 Å². The number of benzene rings is 3. The van der Waals surface area contributed by atoms with Crippen molar-refractivity contribution in [2.45, 2.75) is 31.3 Å². The third-order valence-electron chi connectivity index (χ3n) is 8.61. The molecule has 1 unspecified atom stereocenters. The number of methoxy groups -OCH3 is 3. The van der Waals surface area contributed by atoms with Crippen LogP contribution in [0.3, 0.4) is 0 Å². The van der Waals surface area contributed by atoms with E-state index in [4.69, 9.17) is 23.7 Å². The maximum atomic E-state index is 13.7. The highest BCUT2D eigenvalue weighted by Gasteiger charge is 2.34. The Morgan fingerprint density at radius 3 is 1.91 bits per heavy atom. The largest absolute Gasteiger partial charge is 0.497 e. The molecule has 0 spiro atoms. The minimum Gasteiger partial charge on any atom is -0.497 e. The van der Waals surface area contributed by atoms with Gasteiger partial charge in [0.1, 0.15) is 5.75 Å². The Morgan fingerprint density at radius 1 is 0.723 bits per heavy atom. The van der Waals surface area contributed by atoms with E-state index in [-0.39, 0.29) is 23.9 Å². The maximum absolute atomic E-state index is 13.7. The highest BCUT2D eigenvalue weighted by molar-refractivity contribution is 6.06. The molecule has 0 N–H and O–H groups in total. The zero-order chi connectivity index (χ0) is 32.5. The molecular weight excluding hydrogens is 600 g/mol. The van der Waals surface area contributed by atoms with Crippen molar-refractivity contribution >= 4 is 41.2 Å². The third kappa shape index (κ3) is 5.69. The number of ether oxygens (including phenoxy) is 5. The van der Waals surface area contributed by atoms with Gasteiger partial charge in [-0.2, -0.15) is 0 Å². The summed E-state index contributed by atoms with van der Waals surface area (Å²) in [7, 11) is 4.72. The van der Waals surface area contributed by atoms with Gasteiger partial charge in [0, 0.05) is 49.8 Å². The lowest BCUT2D eigenvalue weighted by Gasteiger charge is -2.19. The summed E-state index contributed by atoms with van der Waals surface area (Å²) in [5.41, 5.74) is 4.06. The standard InChI is InChI=1S/C36H34N4O7/c1-43-26-9-7-22(8-10-26)23-14-25-20-38-30-18-34(32(45-3)16-28(30)36(42)40(25)21-23)47-13-5-12-46-33-17-29-27(15-31(33)44-2)35(41)39-11-4-6-24(39)19-37-29/h4,7-11,15-21,24-25H,5-6,12-14H2,1-3H3/t24?,25-/m0/s1. The van der Waals surface area contributed by atoms with Crippen molar-refractivity contribution in [1.82, 2.24) is 9.80 Å². The Hall–Kier alpha value is -5.58. The lowest BCUT2D eigenvalue weighted by Crippen LogP contribution is -2.32. The summed E-state index contributed by atoms with van der Waals surface area (Å²) in [5, 5.41) is 0. The molecule has 11 heteroatoms. The fraction of sp³-hybridized carbons (Fsp3) is 0.278. The average Bonchev–Trinajstić information content (AvgIpc) is 3.71. The molecular formula is C36H34N4O7. The van der Waals surface area contributed by atoms with Crippen LogP contribution in [-0.2, 0) is 0 Å². The molecule has 0 saturated heterocycles. The van der Waals surface area contributed by atoms with Crippen molar-refractivity contribution < 1.29 is 33.3 Å². The van der Waals surface area contributed by atoms with E-state index in [1.807, 2.05) is 42.8 Å². The van der Waals surface area contributed by atoms with Crippen LogP contribution in [0, 0.1) is 0 Å². The quantitative estimate of drug-likeness (QED) is 0.253. The molecule has 0 aromatic heterocycles. The van der Waals surface area contributed by atoms with Crippen molar-refractivity contribution in [1.29, 1.82) is 0 Å². The normalized spacial score (nSPS) is 18.9. The van der Waals surface area contributed by atoms with Gasteiger partial charge >= 0.3 is 0 Å². The molecule has 4 aliphatic heterocycles.